The van der Waals surface area contributed by atoms with Gasteiger partial charge in [-0.1, -0.05) is 44.2 Å². The molecule has 7 heteroatoms. The Morgan fingerprint density at radius 3 is 2.40 bits per heavy atom. The van der Waals surface area contributed by atoms with Crippen molar-refractivity contribution >= 4 is 28.5 Å². The molecular weight excluding hydrogens is 502 g/mol. The summed E-state index contributed by atoms with van der Waals surface area (Å²) in [5, 5.41) is 13.3. The third kappa shape index (κ3) is 5.86. The average molecular weight is 538 g/mol. The largest absolute Gasteiger partial charge is 0.479 e. The fraction of sp³-hybridized carbons (Fsp3) is 0.303. The Hall–Kier alpha value is -4.57. The highest BCUT2D eigenvalue weighted by atomic mass is 16.5. The summed E-state index contributed by atoms with van der Waals surface area (Å²) in [5.41, 5.74) is 7.11. The van der Waals surface area contributed by atoms with Crippen LogP contribution in [0.5, 0.6) is 5.75 Å². The predicted molar refractivity (Wildman–Crippen MR) is 157 cm³/mol. The summed E-state index contributed by atoms with van der Waals surface area (Å²) in [4.78, 5) is 28.1. The highest BCUT2D eigenvalue weighted by Crippen LogP contribution is 2.31. The van der Waals surface area contributed by atoms with Gasteiger partial charge in [0, 0.05) is 28.7 Å². The molecular formula is C33H35N3O4. The van der Waals surface area contributed by atoms with Gasteiger partial charge in [0.05, 0.1) is 12.6 Å². The molecule has 1 heterocycles. The van der Waals surface area contributed by atoms with E-state index < -0.39 is 12.1 Å². The summed E-state index contributed by atoms with van der Waals surface area (Å²) in [7, 11) is 0. The molecule has 0 bridgehead atoms. The van der Waals surface area contributed by atoms with Crippen molar-refractivity contribution in [2.45, 2.75) is 66.2 Å². The Bertz CT molecular complexity index is 1630. The molecule has 1 amide bonds. The zero-order valence-electron chi connectivity index (χ0n) is 23.8. The number of aryl methyl sites for hydroxylation is 1. The monoisotopic (exact) mass is 537 g/mol. The number of hydrogen-bond donors (Lipinski definition) is 2. The number of carboxylic acid groups (broad SMARTS) is 1. The maximum atomic E-state index is 13.2. The van der Waals surface area contributed by atoms with Crippen LogP contribution in [0, 0.1) is 20.4 Å². The highest BCUT2D eigenvalue weighted by molar-refractivity contribution is 5.99. The summed E-state index contributed by atoms with van der Waals surface area (Å²) < 4.78 is 7.66. The van der Waals surface area contributed by atoms with Crippen molar-refractivity contribution in [3.63, 3.8) is 0 Å². The molecule has 7 nitrogen and oxygen atoms in total. The van der Waals surface area contributed by atoms with Crippen molar-refractivity contribution in [2.75, 3.05) is 0 Å². The summed E-state index contributed by atoms with van der Waals surface area (Å²) in [5.74, 6) is -0.385. The lowest BCUT2D eigenvalue weighted by molar-refractivity contribution is -0.144. The maximum Gasteiger partial charge on any atom is 0.344 e. The van der Waals surface area contributed by atoms with E-state index in [2.05, 4.69) is 40.7 Å². The molecule has 0 saturated carbocycles. The van der Waals surface area contributed by atoms with Gasteiger partial charge in [-0.2, -0.15) is 0 Å². The second-order valence-electron chi connectivity index (χ2n) is 10.5. The minimum Gasteiger partial charge on any atom is -0.479 e. The lowest BCUT2D eigenvalue weighted by atomic mass is 9.98. The topological polar surface area (TPSA) is 84.9 Å². The van der Waals surface area contributed by atoms with Crippen LogP contribution in [0.15, 0.2) is 60.7 Å². The number of nitrogens with one attached hydrogen (secondary N) is 1. The third-order valence-corrected chi connectivity index (χ3v) is 7.49. The van der Waals surface area contributed by atoms with E-state index in [-0.39, 0.29) is 11.9 Å². The Morgan fingerprint density at radius 2 is 1.73 bits per heavy atom. The van der Waals surface area contributed by atoms with Crippen molar-refractivity contribution < 1.29 is 19.4 Å². The molecule has 1 unspecified atom stereocenters. The van der Waals surface area contributed by atoms with Crippen LogP contribution in [0.4, 0.5) is 5.69 Å². The number of fused-ring (bicyclic) bond motifs is 1. The second kappa shape index (κ2) is 11.7. The fourth-order valence-corrected chi connectivity index (χ4v) is 4.84. The Labute approximate surface area is 235 Å². The molecule has 3 aromatic carbocycles. The number of ether oxygens (including phenoxy) is 1. The molecule has 0 saturated heterocycles. The van der Waals surface area contributed by atoms with E-state index in [9.17, 15) is 14.7 Å². The zero-order valence-corrected chi connectivity index (χ0v) is 23.8. The number of carboxylic acids is 1. The van der Waals surface area contributed by atoms with Gasteiger partial charge in [0.2, 0.25) is 0 Å². The quantitative estimate of drug-likeness (QED) is 0.219. The van der Waals surface area contributed by atoms with E-state index in [0.29, 0.717) is 29.5 Å². The van der Waals surface area contributed by atoms with E-state index in [1.165, 1.54) is 12.5 Å². The summed E-state index contributed by atoms with van der Waals surface area (Å²) >= 11 is 0. The van der Waals surface area contributed by atoms with Gasteiger partial charge in [0.1, 0.15) is 5.75 Å². The molecule has 2 atom stereocenters. The number of rotatable bonds is 9. The van der Waals surface area contributed by atoms with Gasteiger partial charge in [-0.05, 0) is 86.2 Å². The van der Waals surface area contributed by atoms with Gasteiger partial charge in [0.15, 0.2) is 11.8 Å². The lowest BCUT2D eigenvalue weighted by Crippen LogP contribution is -2.26. The van der Waals surface area contributed by atoms with E-state index >= 15 is 0 Å². The first-order chi connectivity index (χ1) is 19.0. The zero-order chi connectivity index (χ0) is 29.1. The first-order valence-corrected chi connectivity index (χ1v) is 13.4. The first kappa shape index (κ1) is 28.4. The van der Waals surface area contributed by atoms with Crippen LogP contribution in [0.1, 0.15) is 78.0 Å². The molecule has 0 spiro atoms. The molecule has 0 aliphatic rings. The first-order valence-electron chi connectivity index (χ1n) is 13.4. The summed E-state index contributed by atoms with van der Waals surface area (Å²) in [6.07, 6.45) is -1.01. The van der Waals surface area contributed by atoms with Crippen LogP contribution in [0.2, 0.25) is 0 Å². The smallest absolute Gasteiger partial charge is 0.344 e. The number of amides is 1. The number of nitrogens with zero attached hydrogens (tertiary/aromatic N) is 2. The van der Waals surface area contributed by atoms with Gasteiger partial charge in [-0.15, -0.1) is 0 Å². The molecule has 4 rings (SSSR count). The summed E-state index contributed by atoms with van der Waals surface area (Å²) in [6.45, 7) is 19.8. The Morgan fingerprint density at radius 1 is 1.00 bits per heavy atom. The van der Waals surface area contributed by atoms with Crippen molar-refractivity contribution in [2.24, 2.45) is 0 Å². The van der Waals surface area contributed by atoms with Crippen LogP contribution < -0.4 is 10.1 Å². The maximum absolute atomic E-state index is 13.2. The predicted octanol–water partition coefficient (Wildman–Crippen LogP) is 7.32. The molecule has 0 aliphatic heterocycles. The number of hydrogen-bond acceptors (Lipinski definition) is 3. The number of carbonyl (C=O) groups is 2. The van der Waals surface area contributed by atoms with Crippen molar-refractivity contribution in [1.82, 2.24) is 9.88 Å². The molecule has 4 aromatic rings. The standard InChI is InChI=1S/C33H35N3O4/c1-19(2)24-9-8-10-25(15-24)21(4)35-32(37)26-11-14-31-29(17-26)20(3)22(5)36(31)18-27-16-28(12-13-30(27)34-7)40-23(6)33(38)39/h8-17,19,21,23H,18H2,1-6H3,(H,35,37)(H,38,39)/t21-,23?/m0/s1. The number of carbonyl (C=O) groups excluding carboxylic acids is 1. The Kier molecular flexibility index (Phi) is 8.29. The molecule has 0 fully saturated rings. The molecule has 1 aromatic heterocycles. The van der Waals surface area contributed by atoms with E-state index in [1.54, 1.807) is 18.2 Å². The van der Waals surface area contributed by atoms with E-state index in [4.69, 9.17) is 11.3 Å². The van der Waals surface area contributed by atoms with Gasteiger partial charge < -0.3 is 19.7 Å². The van der Waals surface area contributed by atoms with Crippen molar-refractivity contribution in [3.8, 4) is 5.75 Å². The normalized spacial score (nSPS) is 12.7. The van der Waals surface area contributed by atoms with Crippen LogP contribution >= 0.6 is 0 Å². The van der Waals surface area contributed by atoms with Gasteiger partial charge in [-0.3, -0.25) is 4.79 Å². The molecule has 0 aliphatic carbocycles. The van der Waals surface area contributed by atoms with Gasteiger partial charge in [-0.25, -0.2) is 9.64 Å². The van der Waals surface area contributed by atoms with Crippen molar-refractivity contribution in [1.29, 1.82) is 0 Å². The molecule has 2 N–H and O–H groups in total. The Balaban J connectivity index is 1.62. The lowest BCUT2D eigenvalue weighted by Gasteiger charge is -2.17. The minimum absolute atomic E-state index is 0.137. The fourth-order valence-electron chi connectivity index (χ4n) is 4.84. The van der Waals surface area contributed by atoms with Gasteiger partial charge in [0.25, 0.3) is 5.91 Å². The molecule has 0 radical (unpaired) electrons. The SMILES string of the molecule is [C-]#[N+]c1ccc(OC(C)C(=O)O)cc1Cn1c(C)c(C)c2cc(C(=O)N[C@@H](C)c3cccc(C(C)C)c3)ccc21. The van der Waals surface area contributed by atoms with Crippen LogP contribution in [-0.4, -0.2) is 27.7 Å². The number of benzene rings is 3. The third-order valence-electron chi connectivity index (χ3n) is 7.49. The average Bonchev–Trinajstić information content (AvgIpc) is 3.17. The number of aromatic nitrogens is 1. The van der Waals surface area contributed by atoms with Crippen LogP contribution in [0.3, 0.4) is 0 Å². The number of aliphatic carboxylic acids is 1. The minimum atomic E-state index is -1.06. The van der Waals surface area contributed by atoms with Crippen molar-refractivity contribution in [3.05, 3.63) is 106 Å². The second-order valence-corrected chi connectivity index (χ2v) is 10.5. The van der Waals surface area contributed by atoms with E-state index in [0.717, 1.165) is 33.3 Å². The summed E-state index contributed by atoms with van der Waals surface area (Å²) in [6, 6.07) is 18.9. The van der Waals surface area contributed by atoms with E-state index in [1.807, 2.05) is 51.1 Å². The highest BCUT2D eigenvalue weighted by Gasteiger charge is 2.18. The van der Waals surface area contributed by atoms with Gasteiger partial charge >= 0.3 is 5.97 Å². The molecule has 40 heavy (non-hydrogen) atoms. The molecule has 206 valence electrons. The van der Waals surface area contributed by atoms with Crippen LogP contribution in [-0.2, 0) is 11.3 Å². The van der Waals surface area contributed by atoms with Crippen LogP contribution in [0.25, 0.3) is 15.7 Å².